The second-order valence-corrected chi connectivity index (χ2v) is 13.3. The van der Waals surface area contributed by atoms with Crippen LogP contribution in [0.1, 0.15) is 68.5 Å². The standard InChI is InChI=1S/C25H33NO5S2/c1-7-33(29,30)21-10-8-17(9-11-21)12-19(27)14-20-13-18-15-26(24(28)31-25(4,5)6)22(16(2)3)23(18)32-20/h8-11,13,16,22H,7,12,14-15H2,1-6H3. The third kappa shape index (κ3) is 6.03. The maximum Gasteiger partial charge on any atom is 0.411 e. The fourth-order valence-electron chi connectivity index (χ4n) is 4.01. The number of nitrogens with zero attached hydrogens (tertiary/aromatic N) is 1. The molecule has 33 heavy (non-hydrogen) atoms. The number of hydrogen-bond donors (Lipinski definition) is 0. The van der Waals surface area contributed by atoms with E-state index in [2.05, 4.69) is 13.8 Å². The normalized spacial score (nSPS) is 16.2. The molecule has 0 N–H and O–H groups in total. The fraction of sp³-hybridized carbons (Fsp3) is 0.520. The number of carbonyl (C=O) groups is 2. The molecule has 0 aliphatic carbocycles. The summed E-state index contributed by atoms with van der Waals surface area (Å²) in [5, 5.41) is 0. The Morgan fingerprint density at radius 3 is 2.33 bits per heavy atom. The molecule has 180 valence electrons. The van der Waals surface area contributed by atoms with Crippen molar-refractivity contribution in [2.24, 2.45) is 5.92 Å². The molecule has 6 nitrogen and oxygen atoms in total. The van der Waals surface area contributed by atoms with Crippen LogP contribution in [0.2, 0.25) is 0 Å². The topological polar surface area (TPSA) is 80.8 Å². The van der Waals surface area contributed by atoms with Crippen LogP contribution in [0.4, 0.5) is 4.79 Å². The molecule has 1 amide bonds. The maximum atomic E-state index is 12.7. The van der Waals surface area contributed by atoms with E-state index < -0.39 is 15.4 Å². The minimum absolute atomic E-state index is 0.0526. The van der Waals surface area contributed by atoms with Gasteiger partial charge in [-0.15, -0.1) is 11.3 Å². The lowest BCUT2D eigenvalue weighted by Crippen LogP contribution is -2.37. The lowest BCUT2D eigenvalue weighted by atomic mass is 10.0. The van der Waals surface area contributed by atoms with Crippen molar-refractivity contribution in [2.45, 2.75) is 77.5 Å². The summed E-state index contributed by atoms with van der Waals surface area (Å²) < 4.78 is 29.5. The minimum Gasteiger partial charge on any atom is -0.444 e. The molecule has 1 aromatic carbocycles. The van der Waals surface area contributed by atoms with Crippen LogP contribution in [0.5, 0.6) is 0 Å². The number of ketones is 1. The molecule has 0 fully saturated rings. The summed E-state index contributed by atoms with van der Waals surface area (Å²) in [7, 11) is -3.24. The molecule has 0 saturated heterocycles. The van der Waals surface area contributed by atoms with Crippen molar-refractivity contribution >= 4 is 33.1 Å². The van der Waals surface area contributed by atoms with E-state index in [9.17, 15) is 18.0 Å². The van der Waals surface area contributed by atoms with Crippen molar-refractivity contribution in [1.82, 2.24) is 4.90 Å². The molecular weight excluding hydrogens is 458 g/mol. The van der Waals surface area contributed by atoms with Crippen LogP contribution in [0.15, 0.2) is 35.2 Å². The van der Waals surface area contributed by atoms with Gasteiger partial charge in [-0.2, -0.15) is 0 Å². The number of rotatable bonds is 7. The highest BCUT2D eigenvalue weighted by molar-refractivity contribution is 7.91. The van der Waals surface area contributed by atoms with Crippen LogP contribution in [-0.2, 0) is 38.8 Å². The zero-order chi connectivity index (χ0) is 24.6. The molecule has 1 aromatic heterocycles. The first kappa shape index (κ1) is 25.4. The highest BCUT2D eigenvalue weighted by Gasteiger charge is 2.39. The molecule has 1 aliphatic rings. The van der Waals surface area contributed by atoms with Crippen LogP contribution >= 0.6 is 11.3 Å². The first-order valence-corrected chi connectivity index (χ1v) is 13.7. The third-order valence-electron chi connectivity index (χ3n) is 5.53. The molecule has 0 bridgehead atoms. The second kappa shape index (κ2) is 9.58. The summed E-state index contributed by atoms with van der Waals surface area (Å²) in [5.41, 5.74) is 1.34. The van der Waals surface area contributed by atoms with E-state index in [0.29, 0.717) is 13.0 Å². The van der Waals surface area contributed by atoms with E-state index in [1.807, 2.05) is 26.8 Å². The first-order valence-electron chi connectivity index (χ1n) is 11.2. The van der Waals surface area contributed by atoms with Crippen LogP contribution in [0.25, 0.3) is 0 Å². The zero-order valence-electron chi connectivity index (χ0n) is 20.2. The van der Waals surface area contributed by atoms with Gasteiger partial charge in [-0.05, 0) is 56.0 Å². The Balaban J connectivity index is 1.68. The summed E-state index contributed by atoms with van der Waals surface area (Å²) in [6, 6.07) is 8.54. The fourth-order valence-corrected chi connectivity index (χ4v) is 6.39. The third-order valence-corrected chi connectivity index (χ3v) is 8.53. The summed E-state index contributed by atoms with van der Waals surface area (Å²) in [6.45, 7) is 11.9. The van der Waals surface area contributed by atoms with Gasteiger partial charge in [-0.1, -0.05) is 32.9 Å². The van der Waals surface area contributed by atoms with Gasteiger partial charge in [0.05, 0.1) is 23.2 Å². The molecule has 0 saturated carbocycles. The molecule has 3 rings (SSSR count). The van der Waals surface area contributed by atoms with Gasteiger partial charge in [-0.25, -0.2) is 13.2 Å². The Labute approximate surface area is 200 Å². The number of Topliss-reactive ketones (excluding diaryl/α,β-unsaturated/α-hetero) is 1. The summed E-state index contributed by atoms with van der Waals surface area (Å²) in [6.07, 6.45) is 0.270. The van der Waals surface area contributed by atoms with Gasteiger partial charge in [-0.3, -0.25) is 9.69 Å². The van der Waals surface area contributed by atoms with Crippen molar-refractivity contribution in [3.05, 3.63) is 51.2 Å². The average molecular weight is 492 g/mol. The van der Waals surface area contributed by atoms with Crippen LogP contribution in [-0.4, -0.2) is 36.5 Å². The Morgan fingerprint density at radius 2 is 1.79 bits per heavy atom. The highest BCUT2D eigenvalue weighted by Crippen LogP contribution is 2.44. The van der Waals surface area contributed by atoms with Crippen molar-refractivity contribution in [3.63, 3.8) is 0 Å². The van der Waals surface area contributed by atoms with Gasteiger partial charge < -0.3 is 4.74 Å². The number of ether oxygens (including phenoxy) is 1. The lowest BCUT2D eigenvalue weighted by Gasteiger charge is -2.30. The van der Waals surface area contributed by atoms with Crippen molar-refractivity contribution < 1.29 is 22.7 Å². The van der Waals surface area contributed by atoms with Gasteiger partial charge in [0, 0.05) is 22.6 Å². The van der Waals surface area contributed by atoms with Crippen molar-refractivity contribution in [3.8, 4) is 0 Å². The SMILES string of the molecule is CCS(=O)(=O)c1ccc(CC(=O)Cc2cc3c(s2)C(C(C)C)N(C(=O)OC(C)(C)C)C3)cc1. The second-order valence-electron chi connectivity index (χ2n) is 9.84. The molecule has 2 aromatic rings. The average Bonchev–Trinajstić information content (AvgIpc) is 3.23. The molecule has 0 radical (unpaired) electrons. The maximum absolute atomic E-state index is 12.7. The number of hydrogen-bond acceptors (Lipinski definition) is 6. The summed E-state index contributed by atoms with van der Waals surface area (Å²) >= 11 is 1.60. The van der Waals surface area contributed by atoms with E-state index in [4.69, 9.17) is 4.74 Å². The van der Waals surface area contributed by atoms with E-state index >= 15 is 0 Å². The van der Waals surface area contributed by atoms with Gasteiger partial charge in [0.2, 0.25) is 0 Å². The zero-order valence-corrected chi connectivity index (χ0v) is 21.8. The molecule has 2 heterocycles. The minimum atomic E-state index is -3.24. The largest absolute Gasteiger partial charge is 0.444 e. The predicted octanol–water partition coefficient (Wildman–Crippen LogP) is 5.34. The van der Waals surface area contributed by atoms with Gasteiger partial charge in [0.1, 0.15) is 11.4 Å². The lowest BCUT2D eigenvalue weighted by molar-refractivity contribution is -0.117. The predicted molar refractivity (Wildman–Crippen MR) is 130 cm³/mol. The Morgan fingerprint density at radius 1 is 1.15 bits per heavy atom. The number of carbonyl (C=O) groups excluding carboxylic acids is 2. The number of sulfone groups is 1. The van der Waals surface area contributed by atoms with Gasteiger partial charge in [0.15, 0.2) is 9.84 Å². The molecular formula is C25H33NO5S2. The quantitative estimate of drug-likeness (QED) is 0.522. The van der Waals surface area contributed by atoms with E-state index in [-0.39, 0.29) is 40.9 Å². The Kier molecular flexibility index (Phi) is 7.39. The molecule has 1 atom stereocenters. The van der Waals surface area contributed by atoms with Crippen molar-refractivity contribution in [1.29, 1.82) is 0 Å². The molecule has 1 aliphatic heterocycles. The van der Waals surface area contributed by atoms with E-state index in [1.165, 1.54) is 0 Å². The van der Waals surface area contributed by atoms with Crippen molar-refractivity contribution in [2.75, 3.05) is 5.75 Å². The summed E-state index contributed by atoms with van der Waals surface area (Å²) in [5.74, 6) is 0.349. The van der Waals surface area contributed by atoms with Crippen LogP contribution < -0.4 is 0 Å². The molecule has 1 unspecified atom stereocenters. The number of thiophene rings is 1. The van der Waals surface area contributed by atoms with E-state index in [0.717, 1.165) is 20.9 Å². The molecule has 0 spiro atoms. The van der Waals surface area contributed by atoms with Crippen LogP contribution in [0, 0.1) is 5.92 Å². The van der Waals surface area contributed by atoms with Crippen LogP contribution in [0.3, 0.4) is 0 Å². The highest BCUT2D eigenvalue weighted by atomic mass is 32.2. The first-order chi connectivity index (χ1) is 15.3. The van der Waals surface area contributed by atoms with Gasteiger partial charge in [0.25, 0.3) is 0 Å². The Hall–Kier alpha value is -2.19. The Bertz CT molecular complexity index is 1120. The number of amides is 1. The smallest absolute Gasteiger partial charge is 0.411 e. The molecule has 8 heteroatoms. The van der Waals surface area contributed by atoms with Gasteiger partial charge >= 0.3 is 6.09 Å². The number of fused-ring (bicyclic) bond motifs is 1. The number of benzene rings is 1. The summed E-state index contributed by atoms with van der Waals surface area (Å²) in [4.78, 5) is 29.6. The van der Waals surface area contributed by atoms with E-state index in [1.54, 1.807) is 47.4 Å². The monoisotopic (exact) mass is 491 g/mol.